The van der Waals surface area contributed by atoms with Gasteiger partial charge < -0.3 is 10.2 Å². The maximum atomic E-state index is 14.1. The molecule has 0 fully saturated rings. The van der Waals surface area contributed by atoms with Crippen LogP contribution < -0.4 is 9.62 Å². The fourth-order valence-corrected chi connectivity index (χ4v) is 6.04. The summed E-state index contributed by atoms with van der Waals surface area (Å²) < 4.78 is 28.8. The Hall–Kier alpha value is -3.07. The van der Waals surface area contributed by atoms with Gasteiger partial charge >= 0.3 is 0 Å². The molecule has 0 spiro atoms. The molecule has 0 bridgehead atoms. The van der Waals surface area contributed by atoms with Crippen molar-refractivity contribution in [3.63, 3.8) is 0 Å². The molecule has 0 aliphatic heterocycles. The maximum Gasteiger partial charge on any atom is 0.264 e. The van der Waals surface area contributed by atoms with Gasteiger partial charge in [-0.1, -0.05) is 73.4 Å². The van der Waals surface area contributed by atoms with E-state index >= 15 is 0 Å². The molecule has 2 amide bonds. The topological polar surface area (TPSA) is 86.8 Å². The highest BCUT2D eigenvalue weighted by molar-refractivity contribution is 7.92. The summed E-state index contributed by atoms with van der Waals surface area (Å²) in [6.07, 6.45) is 1.10. The smallest absolute Gasteiger partial charge is 0.264 e. The van der Waals surface area contributed by atoms with Crippen molar-refractivity contribution < 1.29 is 18.0 Å². The number of nitrogens with one attached hydrogen (secondary N) is 1. The van der Waals surface area contributed by atoms with Crippen molar-refractivity contribution in [3.05, 3.63) is 94.0 Å². The number of benzene rings is 3. The van der Waals surface area contributed by atoms with E-state index in [2.05, 4.69) is 5.32 Å². The SMILES string of the molecule is CCc1ccc(N(CC(=O)N(Cc2ccc(Cl)c(Cl)c2)C(CC)C(=O)NC(C)C)S(=O)(=O)c2ccccc2)cc1. The number of hydrogen-bond donors (Lipinski definition) is 1. The third-order valence-electron chi connectivity index (χ3n) is 6.40. The summed E-state index contributed by atoms with van der Waals surface area (Å²) in [6.45, 7) is 7.02. The van der Waals surface area contributed by atoms with Gasteiger partial charge in [-0.25, -0.2) is 8.42 Å². The van der Waals surface area contributed by atoms with Crippen LogP contribution in [0.15, 0.2) is 77.7 Å². The van der Waals surface area contributed by atoms with E-state index in [9.17, 15) is 18.0 Å². The van der Waals surface area contributed by atoms with E-state index in [1.54, 1.807) is 48.5 Å². The van der Waals surface area contributed by atoms with Crippen molar-refractivity contribution in [1.29, 1.82) is 0 Å². The Morgan fingerprint density at radius 3 is 2.05 bits per heavy atom. The molecule has 0 aliphatic rings. The summed E-state index contributed by atoms with van der Waals surface area (Å²) in [5.74, 6) is -0.855. The number of aryl methyl sites for hydroxylation is 1. The number of nitrogens with zero attached hydrogens (tertiary/aromatic N) is 2. The molecule has 1 N–H and O–H groups in total. The zero-order chi connectivity index (χ0) is 29.4. The van der Waals surface area contributed by atoms with Crippen LogP contribution >= 0.6 is 23.2 Å². The van der Waals surface area contributed by atoms with Crippen molar-refractivity contribution in [1.82, 2.24) is 10.2 Å². The van der Waals surface area contributed by atoms with Crippen molar-refractivity contribution >= 4 is 50.7 Å². The van der Waals surface area contributed by atoms with E-state index in [1.165, 1.54) is 17.0 Å². The minimum absolute atomic E-state index is 0.0355. The zero-order valence-corrected chi connectivity index (χ0v) is 25.4. The number of carbonyl (C=O) groups is 2. The first-order valence-electron chi connectivity index (χ1n) is 13.2. The van der Waals surface area contributed by atoms with Crippen LogP contribution in [0.25, 0.3) is 0 Å². The molecule has 3 aromatic rings. The molecule has 1 unspecified atom stereocenters. The Balaban J connectivity index is 2.07. The molecule has 0 radical (unpaired) electrons. The van der Waals surface area contributed by atoms with Crippen molar-refractivity contribution in [2.75, 3.05) is 10.8 Å². The molecule has 1 atom stereocenters. The quantitative estimate of drug-likeness (QED) is 0.272. The van der Waals surface area contributed by atoms with Crippen molar-refractivity contribution in [2.24, 2.45) is 0 Å². The van der Waals surface area contributed by atoms with Crippen LogP contribution in [0.2, 0.25) is 10.0 Å². The molecule has 0 aromatic heterocycles. The van der Waals surface area contributed by atoms with E-state index in [1.807, 2.05) is 39.8 Å². The molecule has 40 heavy (non-hydrogen) atoms. The largest absolute Gasteiger partial charge is 0.352 e. The zero-order valence-electron chi connectivity index (χ0n) is 23.1. The first kappa shape index (κ1) is 31.5. The lowest BCUT2D eigenvalue weighted by Crippen LogP contribution is -2.53. The van der Waals surface area contributed by atoms with Gasteiger partial charge in [-0.15, -0.1) is 0 Å². The van der Waals surface area contributed by atoms with Crippen LogP contribution in [-0.4, -0.2) is 43.8 Å². The third-order valence-corrected chi connectivity index (χ3v) is 8.92. The first-order valence-corrected chi connectivity index (χ1v) is 15.4. The second-order valence-corrected chi connectivity index (χ2v) is 12.4. The monoisotopic (exact) mass is 603 g/mol. The van der Waals surface area contributed by atoms with E-state index in [0.717, 1.165) is 16.3 Å². The minimum Gasteiger partial charge on any atom is -0.352 e. The van der Waals surface area contributed by atoms with Gasteiger partial charge in [0.25, 0.3) is 10.0 Å². The van der Waals surface area contributed by atoms with E-state index in [4.69, 9.17) is 23.2 Å². The van der Waals surface area contributed by atoms with Gasteiger partial charge in [-0.3, -0.25) is 13.9 Å². The molecule has 0 saturated heterocycles. The van der Waals surface area contributed by atoms with Gasteiger partial charge in [0.2, 0.25) is 11.8 Å². The first-order chi connectivity index (χ1) is 19.0. The summed E-state index contributed by atoms with van der Waals surface area (Å²) in [7, 11) is -4.11. The molecule has 3 rings (SSSR count). The number of anilines is 1. The number of halogens is 2. The molecule has 3 aromatic carbocycles. The van der Waals surface area contributed by atoms with Crippen molar-refractivity contribution in [2.45, 2.75) is 64.1 Å². The Morgan fingerprint density at radius 1 is 0.875 bits per heavy atom. The second kappa shape index (κ2) is 14.0. The van der Waals surface area contributed by atoms with Gasteiger partial charge in [-0.05, 0) is 74.2 Å². The molecule has 10 heteroatoms. The Kier molecular flexibility index (Phi) is 11.0. The fraction of sp³-hybridized carbons (Fsp3) is 0.333. The minimum atomic E-state index is -4.11. The lowest BCUT2D eigenvalue weighted by molar-refractivity contribution is -0.140. The highest BCUT2D eigenvalue weighted by Gasteiger charge is 2.33. The number of amides is 2. The van der Waals surface area contributed by atoms with Crippen LogP contribution in [0.4, 0.5) is 5.69 Å². The second-order valence-electron chi connectivity index (χ2n) is 9.70. The predicted octanol–water partition coefficient (Wildman–Crippen LogP) is 6.08. The lowest BCUT2D eigenvalue weighted by atomic mass is 10.1. The van der Waals surface area contributed by atoms with E-state index in [-0.39, 0.29) is 23.4 Å². The van der Waals surface area contributed by atoms with Crippen LogP contribution in [0.3, 0.4) is 0 Å². The van der Waals surface area contributed by atoms with Gasteiger partial charge in [-0.2, -0.15) is 0 Å². The fourth-order valence-electron chi connectivity index (χ4n) is 4.28. The Morgan fingerprint density at radius 2 is 1.50 bits per heavy atom. The van der Waals surface area contributed by atoms with Gasteiger partial charge in [0.05, 0.1) is 20.6 Å². The van der Waals surface area contributed by atoms with Gasteiger partial charge in [0.1, 0.15) is 12.6 Å². The average Bonchev–Trinajstić information content (AvgIpc) is 2.93. The summed E-state index contributed by atoms with van der Waals surface area (Å²) in [4.78, 5) is 28.7. The van der Waals surface area contributed by atoms with E-state index < -0.39 is 28.5 Å². The molecule has 0 saturated carbocycles. The van der Waals surface area contributed by atoms with Crippen LogP contribution in [0, 0.1) is 0 Å². The molecular weight excluding hydrogens is 569 g/mol. The summed E-state index contributed by atoms with van der Waals surface area (Å²) in [5, 5.41) is 3.56. The summed E-state index contributed by atoms with van der Waals surface area (Å²) in [6, 6.07) is 19.0. The van der Waals surface area contributed by atoms with Crippen LogP contribution in [0.1, 0.15) is 45.2 Å². The van der Waals surface area contributed by atoms with Gasteiger partial charge in [0, 0.05) is 12.6 Å². The number of hydrogen-bond acceptors (Lipinski definition) is 4. The van der Waals surface area contributed by atoms with Crippen LogP contribution in [0.5, 0.6) is 0 Å². The Bertz CT molecular complexity index is 1410. The average molecular weight is 605 g/mol. The maximum absolute atomic E-state index is 14.1. The third kappa shape index (κ3) is 7.77. The van der Waals surface area contributed by atoms with Crippen LogP contribution in [-0.2, 0) is 32.6 Å². The normalized spacial score (nSPS) is 12.2. The standard InChI is InChI=1S/C30H35Cl2N3O4S/c1-5-22-12-15-24(16-13-22)35(40(38,39)25-10-8-7-9-11-25)20-29(36)34(28(6-2)30(37)33-21(3)4)19-23-14-17-26(31)27(32)18-23/h7-18,21,28H,5-6,19-20H2,1-4H3,(H,33,37). The predicted molar refractivity (Wildman–Crippen MR) is 161 cm³/mol. The molecule has 7 nitrogen and oxygen atoms in total. The van der Waals surface area contributed by atoms with Crippen molar-refractivity contribution in [3.8, 4) is 0 Å². The molecule has 0 aliphatic carbocycles. The van der Waals surface area contributed by atoms with Gasteiger partial charge in [0.15, 0.2) is 0 Å². The summed E-state index contributed by atoms with van der Waals surface area (Å²) in [5.41, 5.74) is 2.04. The highest BCUT2D eigenvalue weighted by atomic mass is 35.5. The number of sulfonamides is 1. The Labute approximate surface area is 247 Å². The summed E-state index contributed by atoms with van der Waals surface area (Å²) >= 11 is 12.3. The lowest BCUT2D eigenvalue weighted by Gasteiger charge is -2.33. The molecular formula is C30H35Cl2N3O4S. The molecule has 214 valence electrons. The number of rotatable bonds is 12. The van der Waals surface area contributed by atoms with E-state index in [0.29, 0.717) is 27.7 Å². The highest BCUT2D eigenvalue weighted by Crippen LogP contribution is 2.27. The molecule has 0 heterocycles. The number of carbonyl (C=O) groups excluding carboxylic acids is 2.